The number of hydrogen-bond acceptors (Lipinski definition) is 10. The fourth-order valence-electron chi connectivity index (χ4n) is 5.70. The fourth-order valence-corrected chi connectivity index (χ4v) is 5.70. The van der Waals surface area contributed by atoms with Gasteiger partial charge >= 0.3 is 31.7 Å². The quantitative estimate of drug-likeness (QED) is 0.0852. The number of benzene rings is 6. The molecule has 0 aliphatic carbocycles. The van der Waals surface area contributed by atoms with E-state index in [1.165, 1.54) is 45.8 Å². The van der Waals surface area contributed by atoms with Gasteiger partial charge in [-0.05, 0) is 97.1 Å². The SMILES string of the molecule is O=C(O)c1ccc(-n2nc(-c3ccccc3O)nc2-c2ccccc2O)cc1.O=C(O)c1ccc(-n2nc(-c3ccccc3O)nc2-c2ccccc2O)cc1.[Ga+3]. The molecule has 57 heavy (non-hydrogen) atoms. The minimum Gasteiger partial charge on any atom is -0.507 e. The summed E-state index contributed by atoms with van der Waals surface area (Å²) in [5.74, 6) is -0.656. The number of hydrogen-bond donors (Lipinski definition) is 6. The third-order valence-corrected chi connectivity index (χ3v) is 8.51. The zero-order valence-corrected chi connectivity index (χ0v) is 32.0. The first-order valence-corrected chi connectivity index (χ1v) is 16.8. The number of phenolic OH excluding ortho intramolecular Hbond substituents is 4. The van der Waals surface area contributed by atoms with E-state index in [-0.39, 0.29) is 65.6 Å². The number of carbonyl (C=O) groups is 2. The van der Waals surface area contributed by atoms with Crippen molar-refractivity contribution in [3.63, 3.8) is 0 Å². The summed E-state index contributed by atoms with van der Waals surface area (Å²) in [5, 5.41) is 68.1. The maximum atomic E-state index is 11.1. The Labute approximate surface area is 336 Å². The van der Waals surface area contributed by atoms with Gasteiger partial charge in [0.25, 0.3) is 0 Å². The van der Waals surface area contributed by atoms with Gasteiger partial charge in [-0.3, -0.25) is 0 Å². The summed E-state index contributed by atoms with van der Waals surface area (Å²) in [7, 11) is 0. The van der Waals surface area contributed by atoms with Crippen LogP contribution >= 0.6 is 0 Å². The van der Waals surface area contributed by atoms with Crippen LogP contribution in [0, 0.1) is 0 Å². The van der Waals surface area contributed by atoms with Crippen LogP contribution < -0.4 is 0 Å². The summed E-state index contributed by atoms with van der Waals surface area (Å²) in [6.45, 7) is 0. The van der Waals surface area contributed by atoms with Crippen molar-refractivity contribution in [3.8, 4) is 79.9 Å². The normalized spacial score (nSPS) is 10.5. The van der Waals surface area contributed by atoms with Crippen LogP contribution in [0.4, 0.5) is 0 Å². The smallest absolute Gasteiger partial charge is 0.507 e. The van der Waals surface area contributed by atoms with E-state index in [1.54, 1.807) is 109 Å². The summed E-state index contributed by atoms with van der Waals surface area (Å²) in [4.78, 5) is 31.3. The molecule has 0 aliphatic heterocycles. The summed E-state index contributed by atoms with van der Waals surface area (Å²) in [6, 6.07) is 39.1. The molecule has 14 nitrogen and oxygen atoms in total. The van der Waals surface area contributed by atoms with Gasteiger partial charge in [-0.25, -0.2) is 28.9 Å². The average Bonchev–Trinajstić information content (AvgIpc) is 3.85. The number of rotatable bonds is 8. The number of aromatic hydroxyl groups is 4. The van der Waals surface area contributed by atoms with Gasteiger partial charge in [0.1, 0.15) is 23.0 Å². The van der Waals surface area contributed by atoms with Crippen LogP contribution in [0.2, 0.25) is 0 Å². The number of aromatic nitrogens is 6. The number of aromatic carboxylic acids is 2. The molecule has 0 saturated carbocycles. The summed E-state index contributed by atoms with van der Waals surface area (Å²) < 4.78 is 3.00. The minimum absolute atomic E-state index is 0. The summed E-state index contributed by atoms with van der Waals surface area (Å²) >= 11 is 0. The van der Waals surface area contributed by atoms with Gasteiger partial charge < -0.3 is 30.6 Å². The molecule has 0 spiro atoms. The van der Waals surface area contributed by atoms with Gasteiger partial charge in [-0.1, -0.05) is 48.5 Å². The monoisotopic (exact) mass is 815 g/mol. The van der Waals surface area contributed by atoms with E-state index in [2.05, 4.69) is 20.2 Å². The van der Waals surface area contributed by atoms with Gasteiger partial charge in [0, 0.05) is 0 Å². The zero-order chi connectivity index (χ0) is 39.3. The Morgan fingerprint density at radius 3 is 0.965 bits per heavy atom. The molecule has 6 N–H and O–H groups in total. The van der Waals surface area contributed by atoms with Gasteiger partial charge in [-0.15, -0.1) is 10.2 Å². The zero-order valence-electron chi connectivity index (χ0n) is 29.6. The van der Waals surface area contributed by atoms with Crippen LogP contribution in [0.5, 0.6) is 23.0 Å². The van der Waals surface area contributed by atoms with Crippen molar-refractivity contribution in [2.24, 2.45) is 0 Å². The Morgan fingerprint density at radius 2 is 0.684 bits per heavy atom. The maximum Gasteiger partial charge on any atom is 3.00 e. The molecule has 0 bridgehead atoms. The van der Waals surface area contributed by atoms with Crippen LogP contribution in [-0.4, -0.2) is 91.9 Å². The van der Waals surface area contributed by atoms with Crippen molar-refractivity contribution in [3.05, 3.63) is 157 Å². The van der Waals surface area contributed by atoms with E-state index < -0.39 is 11.9 Å². The van der Waals surface area contributed by atoms with E-state index in [0.29, 0.717) is 45.3 Å². The number of para-hydroxylation sites is 4. The fraction of sp³-hybridized carbons (Fsp3) is 0. The van der Waals surface area contributed by atoms with Crippen LogP contribution in [0.15, 0.2) is 146 Å². The second-order valence-electron chi connectivity index (χ2n) is 12.1. The Kier molecular flexibility index (Phi) is 11.5. The van der Waals surface area contributed by atoms with Crippen LogP contribution in [0.1, 0.15) is 20.7 Å². The van der Waals surface area contributed by atoms with Gasteiger partial charge in [0.05, 0.1) is 44.8 Å². The van der Waals surface area contributed by atoms with Crippen LogP contribution in [-0.2, 0) is 0 Å². The molecule has 0 fully saturated rings. The van der Waals surface area contributed by atoms with Crippen molar-refractivity contribution in [1.29, 1.82) is 0 Å². The van der Waals surface area contributed by atoms with E-state index in [4.69, 9.17) is 10.2 Å². The van der Waals surface area contributed by atoms with Crippen LogP contribution in [0.3, 0.4) is 0 Å². The van der Waals surface area contributed by atoms with Gasteiger partial charge in [0.2, 0.25) is 0 Å². The molecule has 0 amide bonds. The predicted octanol–water partition coefficient (Wildman–Crippen LogP) is 7.04. The van der Waals surface area contributed by atoms with Crippen molar-refractivity contribution in [2.75, 3.05) is 0 Å². The first kappa shape index (κ1) is 39.1. The standard InChI is InChI=1S/2C21H15N3O4.Ga/c2*25-17-7-3-1-5-15(17)19-22-20(16-6-2-4-8-18(16)26)24(23-19)14-11-9-13(10-12-14)21(27)28;/h2*1-12,25-26H,(H,27,28);/q;;+3. The maximum absolute atomic E-state index is 11.1. The summed E-state index contributed by atoms with van der Waals surface area (Å²) in [5.41, 5.74) is 3.23. The Morgan fingerprint density at radius 1 is 0.404 bits per heavy atom. The molecule has 0 aliphatic rings. The molecular weight excluding hydrogens is 786 g/mol. The van der Waals surface area contributed by atoms with E-state index in [9.17, 15) is 30.0 Å². The largest absolute Gasteiger partial charge is 3.00 e. The third kappa shape index (κ3) is 8.24. The second kappa shape index (κ2) is 16.8. The second-order valence-corrected chi connectivity index (χ2v) is 12.1. The molecule has 276 valence electrons. The minimum atomic E-state index is -1.03. The molecule has 0 atom stereocenters. The molecule has 15 heteroatoms. The molecule has 8 rings (SSSR count). The van der Waals surface area contributed by atoms with Gasteiger partial charge in [-0.2, -0.15) is 0 Å². The molecule has 6 aromatic carbocycles. The first-order chi connectivity index (χ1) is 27.1. The number of carboxylic acids is 2. The topological polar surface area (TPSA) is 217 Å². The van der Waals surface area contributed by atoms with Crippen molar-refractivity contribution in [2.45, 2.75) is 0 Å². The molecule has 2 heterocycles. The van der Waals surface area contributed by atoms with Crippen LogP contribution in [0.25, 0.3) is 56.9 Å². The molecule has 0 unspecified atom stereocenters. The van der Waals surface area contributed by atoms with E-state index >= 15 is 0 Å². The summed E-state index contributed by atoms with van der Waals surface area (Å²) in [6.07, 6.45) is 0. The average molecular weight is 816 g/mol. The van der Waals surface area contributed by atoms with E-state index in [1.807, 2.05) is 0 Å². The molecule has 8 aromatic rings. The van der Waals surface area contributed by atoms with Crippen molar-refractivity contribution < 1.29 is 40.2 Å². The predicted molar refractivity (Wildman–Crippen MR) is 211 cm³/mol. The number of nitrogens with zero attached hydrogens (tertiary/aromatic N) is 6. The van der Waals surface area contributed by atoms with Gasteiger partial charge in [0.15, 0.2) is 23.3 Å². The Balaban J connectivity index is 0.000000189. The first-order valence-electron chi connectivity index (χ1n) is 16.8. The Hall–Kier alpha value is -7.62. The Bertz CT molecular complexity index is 2530. The number of carboxylic acid groups (broad SMARTS) is 2. The van der Waals surface area contributed by atoms with E-state index in [0.717, 1.165) is 0 Å². The molecular formula is C42H30GaN6O8+3. The molecule has 0 radical (unpaired) electrons. The van der Waals surface area contributed by atoms with Crippen molar-refractivity contribution >= 4 is 31.7 Å². The third-order valence-electron chi connectivity index (χ3n) is 8.51. The van der Waals surface area contributed by atoms with Crippen molar-refractivity contribution in [1.82, 2.24) is 29.5 Å². The molecule has 0 saturated heterocycles. The number of phenols is 4. The molecule has 2 aromatic heterocycles.